The Morgan fingerprint density at radius 3 is 2.23 bits per heavy atom. The fraction of sp³-hybridized carbons (Fsp3) is 0.500. The highest BCUT2D eigenvalue weighted by Gasteiger charge is 2.38. The van der Waals surface area contributed by atoms with E-state index >= 15 is 0 Å². The second-order valence-corrected chi connectivity index (χ2v) is 6.91. The number of ether oxygens (including phenoxy) is 4. The first-order chi connectivity index (χ1) is 12.2. The molecule has 1 heterocycles. The second kappa shape index (κ2) is 7.81. The molecule has 0 aromatic heterocycles. The number of rotatable bonds is 6. The maximum absolute atomic E-state index is 12.0. The van der Waals surface area contributed by atoms with Crippen LogP contribution in [0, 0.1) is 5.92 Å². The highest BCUT2D eigenvalue weighted by atomic mass is 16.7. The summed E-state index contributed by atoms with van der Waals surface area (Å²) in [5.41, 5.74) is 0.952. The summed E-state index contributed by atoms with van der Waals surface area (Å²) in [7, 11) is 3.24. The number of hydrogen-bond donors (Lipinski definition) is 0. The van der Waals surface area contributed by atoms with E-state index < -0.39 is 17.7 Å². The maximum atomic E-state index is 12.0. The highest BCUT2D eigenvalue weighted by molar-refractivity contribution is 6.15. The lowest BCUT2D eigenvalue weighted by molar-refractivity contribution is -0.222. The molecule has 0 spiro atoms. The number of methoxy groups -OCH3 is 2. The Kier molecular flexibility index (Phi) is 5.95. The molecular weight excluding hydrogens is 336 g/mol. The summed E-state index contributed by atoms with van der Waals surface area (Å²) < 4.78 is 21.0. The Morgan fingerprint density at radius 2 is 1.69 bits per heavy atom. The third-order valence-electron chi connectivity index (χ3n) is 4.59. The van der Waals surface area contributed by atoms with E-state index in [1.54, 1.807) is 20.3 Å². The average Bonchev–Trinajstić information content (AvgIpc) is 2.58. The molecule has 1 aliphatic rings. The van der Waals surface area contributed by atoms with Crippen molar-refractivity contribution in [3.63, 3.8) is 0 Å². The van der Waals surface area contributed by atoms with Gasteiger partial charge in [-0.3, -0.25) is 0 Å². The predicted molar refractivity (Wildman–Crippen MR) is 96.1 cm³/mol. The van der Waals surface area contributed by atoms with Crippen LogP contribution in [-0.4, -0.2) is 31.9 Å². The third-order valence-corrected chi connectivity index (χ3v) is 4.59. The van der Waals surface area contributed by atoms with Gasteiger partial charge in [0.2, 0.25) is 0 Å². The lowest BCUT2D eigenvalue weighted by Crippen LogP contribution is -2.41. The molecular formula is C20H26O6. The van der Waals surface area contributed by atoms with E-state index in [1.807, 2.05) is 25.1 Å². The van der Waals surface area contributed by atoms with Crippen LogP contribution in [0.3, 0.4) is 0 Å². The van der Waals surface area contributed by atoms with Crippen LogP contribution < -0.4 is 9.47 Å². The van der Waals surface area contributed by atoms with Crippen molar-refractivity contribution < 1.29 is 28.5 Å². The fourth-order valence-corrected chi connectivity index (χ4v) is 2.84. The Hall–Kier alpha value is -2.50. The highest BCUT2D eigenvalue weighted by Crippen LogP contribution is 2.36. The zero-order valence-corrected chi connectivity index (χ0v) is 16.1. The van der Waals surface area contributed by atoms with Crippen molar-refractivity contribution in [1.82, 2.24) is 0 Å². The topological polar surface area (TPSA) is 71.1 Å². The summed E-state index contributed by atoms with van der Waals surface area (Å²) in [5.74, 6) is -0.743. The maximum Gasteiger partial charge on any atom is 0.348 e. The van der Waals surface area contributed by atoms with Crippen LogP contribution >= 0.6 is 0 Å². The molecule has 0 aliphatic carbocycles. The van der Waals surface area contributed by atoms with Gasteiger partial charge in [-0.25, -0.2) is 9.59 Å². The lowest BCUT2D eigenvalue weighted by Gasteiger charge is -2.30. The van der Waals surface area contributed by atoms with Crippen molar-refractivity contribution >= 4 is 11.9 Å². The van der Waals surface area contributed by atoms with Crippen molar-refractivity contribution in [3.05, 3.63) is 35.4 Å². The van der Waals surface area contributed by atoms with Crippen LogP contribution in [0.4, 0.5) is 0 Å². The minimum Gasteiger partial charge on any atom is -0.497 e. The number of carbonyl (C=O) groups excluding carboxylic acids is 2. The Balaban J connectivity index is 2.16. The van der Waals surface area contributed by atoms with Crippen molar-refractivity contribution in [1.29, 1.82) is 0 Å². The normalized spacial score (nSPS) is 18.5. The van der Waals surface area contributed by atoms with Gasteiger partial charge in [0.05, 0.1) is 14.2 Å². The van der Waals surface area contributed by atoms with E-state index in [4.69, 9.17) is 18.9 Å². The summed E-state index contributed by atoms with van der Waals surface area (Å²) >= 11 is 0. The van der Waals surface area contributed by atoms with Crippen LogP contribution in [0.1, 0.15) is 45.6 Å². The minimum absolute atomic E-state index is 0.0546. The molecule has 142 valence electrons. The van der Waals surface area contributed by atoms with E-state index in [9.17, 15) is 9.59 Å². The smallest absolute Gasteiger partial charge is 0.348 e. The molecule has 1 fully saturated rings. The third kappa shape index (κ3) is 4.36. The SMILES string of the molecule is COc1ccc(OC)c([C@@H](C)[C@H](C)CC=C2C(=O)OC(C)(C)OC2=O)c1. The molecule has 2 atom stereocenters. The molecule has 6 heteroatoms. The summed E-state index contributed by atoms with van der Waals surface area (Å²) in [6.45, 7) is 7.17. The molecule has 26 heavy (non-hydrogen) atoms. The molecule has 1 aliphatic heterocycles. The number of benzene rings is 1. The van der Waals surface area contributed by atoms with E-state index in [1.165, 1.54) is 13.8 Å². The molecule has 0 bridgehead atoms. The van der Waals surface area contributed by atoms with Crippen LogP contribution in [0.5, 0.6) is 11.5 Å². The van der Waals surface area contributed by atoms with Gasteiger partial charge in [-0.2, -0.15) is 0 Å². The summed E-state index contributed by atoms with van der Waals surface area (Å²) in [6.07, 6.45) is 2.11. The number of hydrogen-bond acceptors (Lipinski definition) is 6. The zero-order valence-electron chi connectivity index (χ0n) is 16.1. The summed E-state index contributed by atoms with van der Waals surface area (Å²) in [5, 5.41) is 0. The molecule has 1 aromatic rings. The van der Waals surface area contributed by atoms with Crippen molar-refractivity contribution in [2.24, 2.45) is 5.92 Å². The zero-order chi connectivity index (χ0) is 19.5. The summed E-state index contributed by atoms with van der Waals surface area (Å²) in [4.78, 5) is 24.1. The lowest BCUT2D eigenvalue weighted by atomic mass is 9.85. The number of allylic oxidation sites excluding steroid dienone is 1. The number of carbonyl (C=O) groups is 2. The fourth-order valence-electron chi connectivity index (χ4n) is 2.84. The van der Waals surface area contributed by atoms with Gasteiger partial charge in [-0.1, -0.05) is 19.9 Å². The van der Waals surface area contributed by atoms with E-state index in [-0.39, 0.29) is 17.4 Å². The molecule has 0 amide bonds. The van der Waals surface area contributed by atoms with Crippen LogP contribution in [0.15, 0.2) is 29.8 Å². The minimum atomic E-state index is -1.22. The standard InChI is InChI=1S/C20H26O6/c1-12(7-9-15-18(21)25-20(3,4)26-19(15)22)13(2)16-11-14(23-5)8-10-17(16)24-6/h8-13H,7H2,1-6H3/t12-,13+/m1/s1. The van der Waals surface area contributed by atoms with Crippen molar-refractivity contribution in [2.45, 2.75) is 45.8 Å². The van der Waals surface area contributed by atoms with Gasteiger partial charge in [0, 0.05) is 19.4 Å². The van der Waals surface area contributed by atoms with Crippen molar-refractivity contribution in [3.8, 4) is 11.5 Å². The second-order valence-electron chi connectivity index (χ2n) is 6.91. The average molecular weight is 362 g/mol. The van der Waals surface area contributed by atoms with Crippen molar-refractivity contribution in [2.75, 3.05) is 14.2 Å². The Labute approximate surface area is 154 Å². The van der Waals surface area contributed by atoms with Crippen LogP contribution in [0.2, 0.25) is 0 Å². The summed E-state index contributed by atoms with van der Waals surface area (Å²) in [6, 6.07) is 5.66. The van der Waals surface area contributed by atoms with Gasteiger partial charge in [0.15, 0.2) is 0 Å². The van der Waals surface area contributed by atoms with E-state index in [2.05, 4.69) is 6.92 Å². The number of cyclic esters (lactones) is 2. The van der Waals surface area contributed by atoms with Crippen LogP contribution in [0.25, 0.3) is 0 Å². The molecule has 2 rings (SSSR count). The Bertz CT molecular complexity index is 697. The molecule has 1 saturated heterocycles. The van der Waals surface area contributed by atoms with Gasteiger partial charge >= 0.3 is 11.9 Å². The van der Waals surface area contributed by atoms with Gasteiger partial charge in [0.1, 0.15) is 17.1 Å². The molecule has 6 nitrogen and oxygen atoms in total. The number of esters is 2. The largest absolute Gasteiger partial charge is 0.497 e. The van der Waals surface area contributed by atoms with Gasteiger partial charge < -0.3 is 18.9 Å². The first-order valence-electron chi connectivity index (χ1n) is 8.57. The van der Waals surface area contributed by atoms with Crippen LogP contribution in [-0.2, 0) is 19.1 Å². The monoisotopic (exact) mass is 362 g/mol. The molecule has 0 saturated carbocycles. The van der Waals surface area contributed by atoms with E-state index in [0.29, 0.717) is 6.42 Å². The molecule has 0 radical (unpaired) electrons. The Morgan fingerprint density at radius 1 is 1.08 bits per heavy atom. The quantitative estimate of drug-likeness (QED) is 0.437. The van der Waals surface area contributed by atoms with Gasteiger partial charge in [0.25, 0.3) is 5.79 Å². The molecule has 0 N–H and O–H groups in total. The first-order valence-corrected chi connectivity index (χ1v) is 8.57. The molecule has 1 aromatic carbocycles. The van der Waals surface area contributed by atoms with Gasteiger partial charge in [-0.15, -0.1) is 0 Å². The van der Waals surface area contributed by atoms with Gasteiger partial charge in [-0.05, 0) is 36.5 Å². The van der Waals surface area contributed by atoms with E-state index in [0.717, 1.165) is 17.1 Å². The molecule has 0 unspecified atom stereocenters. The predicted octanol–water partition coefficient (Wildman–Crippen LogP) is 3.60. The first kappa shape index (κ1) is 19.8.